The van der Waals surface area contributed by atoms with E-state index in [1.54, 1.807) is 97.1 Å². The van der Waals surface area contributed by atoms with Crippen molar-refractivity contribution in [1.29, 1.82) is 0 Å². The van der Waals surface area contributed by atoms with Gasteiger partial charge in [0.05, 0.1) is 0 Å². The van der Waals surface area contributed by atoms with Crippen molar-refractivity contribution in [3.05, 3.63) is 486 Å². The number of ether oxygens (including phenoxy) is 4. The van der Waals surface area contributed by atoms with E-state index in [0.29, 0.717) is 112 Å². The van der Waals surface area contributed by atoms with Gasteiger partial charge in [-0.05, 0) is 314 Å². The number of nitrogens with zero attached hydrogens (tertiary/aromatic N) is 4. The SMILES string of the molecule is Cc1ccc(C(=O)c2ccc(Oc3ccc(C(c4ccc(Oc5ccc(C(=O)c6ccc(-c7ccc(-c8nnc(-c9ccc(C)cc9)o8)cc7)cc6)cc5)cc4)(C(F)(F)F)C(F)(F)F)cc3)cc2)cc1.Clc1ccc(-c2nnc(-c3ccc(Cl)cc3)o2)cc1.O=C(c1ccc(Cl)cc1)c1ccc(Oc2ccc(C(c3ccc(Oc4ccc(C(=O)c5ccc(Cl)cc5)cc4)cc3)(C(F)(F)F)C(F)(F)F)cc2)cc1. The molecule has 0 N–H and O–H groups in total. The van der Waals surface area contributed by atoms with Gasteiger partial charge < -0.3 is 27.8 Å². The summed E-state index contributed by atoms with van der Waals surface area (Å²) in [5, 5.41) is 18.7. The van der Waals surface area contributed by atoms with Crippen LogP contribution in [0.1, 0.15) is 97.1 Å². The number of aromatic nitrogens is 4. The molecule has 0 amide bonds. The van der Waals surface area contributed by atoms with E-state index >= 15 is 0 Å². The van der Waals surface area contributed by atoms with E-state index in [4.69, 9.17) is 74.2 Å². The molecule has 0 atom stereocenters. The molecule has 0 saturated heterocycles. The summed E-state index contributed by atoms with van der Waals surface area (Å²) in [7, 11) is 0. The number of ketones is 4. The highest BCUT2D eigenvalue weighted by molar-refractivity contribution is 6.31. The molecule has 0 radical (unpaired) electrons. The molecule has 0 fully saturated rings. The molecule has 0 aliphatic carbocycles. The Bertz CT molecular complexity index is 7240. The van der Waals surface area contributed by atoms with Crippen LogP contribution in [0.25, 0.3) is 56.9 Å². The second kappa shape index (κ2) is 42.0. The molecule has 0 spiro atoms. The third kappa shape index (κ3) is 22.3. The number of benzene rings is 16. The largest absolute Gasteiger partial charge is 0.457 e. The Balaban J connectivity index is 0.000000176. The van der Waals surface area contributed by atoms with Crippen molar-refractivity contribution in [2.24, 2.45) is 0 Å². The average Bonchev–Trinajstić information content (AvgIpc) is 1.36. The average molecular weight is 2000 g/mol. The summed E-state index contributed by atoms with van der Waals surface area (Å²) in [4.78, 5) is 51.7. The minimum Gasteiger partial charge on any atom is -0.457 e. The number of hydrogen-bond acceptors (Lipinski definition) is 14. The first-order chi connectivity index (χ1) is 67.9. The molecule has 0 bridgehead atoms. The first-order valence-corrected chi connectivity index (χ1v) is 44.5. The summed E-state index contributed by atoms with van der Waals surface area (Å²) in [6.07, 6.45) is -23.3. The number of carbonyl (C=O) groups excluding carboxylic acids is 4. The van der Waals surface area contributed by atoms with Gasteiger partial charge in [-0.1, -0.05) is 179 Å². The van der Waals surface area contributed by atoms with Crippen molar-refractivity contribution < 1.29 is 99.6 Å². The first-order valence-electron chi connectivity index (χ1n) is 43.0. The maximum atomic E-state index is 15.0. The van der Waals surface area contributed by atoms with E-state index in [9.17, 15) is 71.9 Å². The van der Waals surface area contributed by atoms with Crippen LogP contribution in [-0.2, 0) is 10.8 Å². The monoisotopic (exact) mass is 2000 g/mol. The van der Waals surface area contributed by atoms with Crippen molar-refractivity contribution in [1.82, 2.24) is 20.4 Å². The highest BCUT2D eigenvalue weighted by atomic mass is 35.5. The standard InChI is InChI=1S/C57H38F6N2O5.C41H24Cl2F6O4.C14H8Cl2N2O/c1-35-3-7-39(8-4-35)51(66)41-19-27-47(28-20-41)68-49-31-23-45(24-32-49)55(56(58,59)60,57(61,62)63)46-25-33-50(34-26-46)69-48-29-21-42(22-30-48)52(67)40-15-11-37(12-16-40)38-13-17-44(18-14-38)54-65-64-53(70-54)43-9-5-36(2)6-10-43;42-31-13-1-25(2-14-31)37(50)27-5-17-33(18-6-27)52-35-21-9-29(10-22-35)39(40(44,45)46,41(47,48)49)30-11-23-36(24-12-30)53-34-19-7-28(8-20-34)38(51)26-3-15-32(43)16-4-26;15-11-5-1-9(2-6-11)13-17-18-14(19-13)10-3-7-12(16)8-4-10/h3-34H,1-2H3;1-24H;1-8H. The smallest absolute Gasteiger partial charge is 0.411 e. The van der Waals surface area contributed by atoms with Crippen LogP contribution in [0.4, 0.5) is 52.7 Å². The van der Waals surface area contributed by atoms with Crippen molar-refractivity contribution >= 4 is 69.5 Å². The highest BCUT2D eigenvalue weighted by Crippen LogP contribution is 2.59. The Hall–Kier alpha value is -16.0. The summed E-state index contributed by atoms with van der Waals surface area (Å²) in [5.41, 5.74) is -3.01. The molecule has 18 aromatic rings. The lowest BCUT2D eigenvalue weighted by molar-refractivity contribution is -0.290. The zero-order valence-corrected chi connectivity index (χ0v) is 76.9. The van der Waals surface area contributed by atoms with Crippen molar-refractivity contribution in [2.45, 2.75) is 49.4 Å². The van der Waals surface area contributed by atoms with Crippen LogP contribution in [0, 0.1) is 13.8 Å². The van der Waals surface area contributed by atoms with Gasteiger partial charge in [0.2, 0.25) is 34.4 Å². The Labute approximate surface area is 822 Å². The predicted molar refractivity (Wildman–Crippen MR) is 516 cm³/mol. The molecule has 142 heavy (non-hydrogen) atoms. The van der Waals surface area contributed by atoms with Gasteiger partial charge in [0.15, 0.2) is 23.1 Å². The Kier molecular flexibility index (Phi) is 29.3. The minimum atomic E-state index is -5.82. The lowest BCUT2D eigenvalue weighted by atomic mass is 9.73. The Morgan fingerprint density at radius 2 is 0.345 bits per heavy atom. The number of hydrogen-bond donors (Lipinski definition) is 0. The minimum absolute atomic E-state index is 0.0250. The van der Waals surface area contributed by atoms with E-state index < -0.39 is 57.8 Å². The van der Waals surface area contributed by atoms with Crippen LogP contribution in [0.15, 0.2) is 397 Å². The van der Waals surface area contributed by atoms with Gasteiger partial charge in [-0.25, -0.2) is 0 Å². The summed E-state index contributed by atoms with van der Waals surface area (Å²) in [5.74, 6) is 1.29. The molecule has 0 aliphatic heterocycles. The van der Waals surface area contributed by atoms with Crippen molar-refractivity contribution in [3.63, 3.8) is 0 Å². The van der Waals surface area contributed by atoms with E-state index in [2.05, 4.69) is 20.4 Å². The number of alkyl halides is 12. The van der Waals surface area contributed by atoms with Crippen LogP contribution in [0.3, 0.4) is 0 Å². The van der Waals surface area contributed by atoms with Gasteiger partial charge >= 0.3 is 24.7 Å². The quantitative estimate of drug-likeness (QED) is 0.0389. The second-order valence-electron chi connectivity index (χ2n) is 32.1. The lowest BCUT2D eigenvalue weighted by Crippen LogP contribution is -2.54. The molecular weight excluding hydrogens is 1930 g/mol. The van der Waals surface area contributed by atoms with Crippen LogP contribution in [0.5, 0.6) is 46.0 Å². The molecule has 0 unspecified atom stereocenters. The fourth-order valence-corrected chi connectivity index (χ4v) is 15.8. The van der Waals surface area contributed by atoms with Gasteiger partial charge in [0, 0.05) is 86.9 Å². The zero-order chi connectivity index (χ0) is 100. The fraction of sp³-hybridized carbons (Fsp3) is 0.0714. The summed E-state index contributed by atoms with van der Waals surface area (Å²) >= 11 is 23.4. The molecule has 14 nitrogen and oxygen atoms in total. The molecular formula is C112H70Cl4F12N4O10. The maximum absolute atomic E-state index is 15.0. The lowest BCUT2D eigenvalue weighted by Gasteiger charge is -2.38. The summed E-state index contributed by atoms with van der Waals surface area (Å²) in [6, 6.07) is 94.0. The topological polar surface area (TPSA) is 183 Å². The third-order valence-electron chi connectivity index (χ3n) is 22.7. The number of carbonyl (C=O) groups is 4. The number of rotatable bonds is 25. The second-order valence-corrected chi connectivity index (χ2v) is 33.9. The van der Waals surface area contributed by atoms with Crippen LogP contribution >= 0.6 is 46.4 Å². The normalized spacial score (nSPS) is 11.7. The molecule has 2 heterocycles. The van der Waals surface area contributed by atoms with E-state index in [1.807, 2.05) is 111 Å². The third-order valence-corrected chi connectivity index (χ3v) is 23.7. The molecule has 30 heteroatoms. The van der Waals surface area contributed by atoms with E-state index in [0.717, 1.165) is 117 Å². The summed E-state index contributed by atoms with van der Waals surface area (Å²) < 4.78 is 213. The number of aryl methyl sites for hydroxylation is 2. The predicted octanol–water partition coefficient (Wildman–Crippen LogP) is 32.3. The van der Waals surface area contributed by atoms with E-state index in [1.165, 1.54) is 97.1 Å². The number of halogens is 16. The van der Waals surface area contributed by atoms with Gasteiger partial charge in [0.1, 0.15) is 46.0 Å². The molecule has 2 aromatic heterocycles. The zero-order valence-electron chi connectivity index (χ0n) is 73.9. The van der Waals surface area contributed by atoms with Crippen LogP contribution in [-0.4, -0.2) is 68.2 Å². The molecule has 0 saturated carbocycles. The Morgan fingerprint density at radius 1 is 0.204 bits per heavy atom. The fourth-order valence-electron chi connectivity index (χ4n) is 15.3. The molecule has 16 aromatic carbocycles. The van der Waals surface area contributed by atoms with Crippen LogP contribution in [0.2, 0.25) is 20.1 Å². The van der Waals surface area contributed by atoms with Gasteiger partial charge in [-0.15, -0.1) is 20.4 Å². The first kappa shape index (κ1) is 99.0. The highest BCUT2D eigenvalue weighted by Gasteiger charge is 2.74. The van der Waals surface area contributed by atoms with Gasteiger partial charge in [0.25, 0.3) is 0 Å². The van der Waals surface area contributed by atoms with Crippen molar-refractivity contribution in [3.8, 4) is 103 Å². The summed E-state index contributed by atoms with van der Waals surface area (Å²) in [6.45, 7) is 3.89. The van der Waals surface area contributed by atoms with Gasteiger partial charge in [-0.2, -0.15) is 52.7 Å². The van der Waals surface area contributed by atoms with Crippen molar-refractivity contribution in [2.75, 3.05) is 0 Å². The molecule has 18 rings (SSSR count). The van der Waals surface area contributed by atoms with Gasteiger partial charge in [-0.3, -0.25) is 19.2 Å². The van der Waals surface area contributed by atoms with E-state index in [-0.39, 0.29) is 69.1 Å². The molecule has 0 aliphatic rings. The molecule has 710 valence electrons. The van der Waals surface area contributed by atoms with Crippen LogP contribution < -0.4 is 18.9 Å². The Morgan fingerprint density at radius 3 is 0.549 bits per heavy atom. The maximum Gasteiger partial charge on any atom is 0.411 e.